The number of furan rings is 1. The second-order valence-electron chi connectivity index (χ2n) is 3.62. The Morgan fingerprint density at radius 2 is 2.47 bits per heavy atom. The summed E-state index contributed by atoms with van der Waals surface area (Å²) in [6.07, 6.45) is 2.66. The van der Waals surface area contributed by atoms with E-state index in [1.165, 1.54) is 0 Å². The highest BCUT2D eigenvalue weighted by atomic mass is 16.5. The maximum atomic E-state index is 5.21. The molecular weight excluding hydrogens is 194 g/mol. The molecule has 1 fully saturated rings. The summed E-state index contributed by atoms with van der Waals surface area (Å²) >= 11 is 0. The molecular formula is C10H11N3O2. The first-order chi connectivity index (χ1) is 7.43. The molecule has 0 radical (unpaired) electrons. The molecule has 78 valence electrons. The largest absolute Gasteiger partial charge is 0.461 e. The van der Waals surface area contributed by atoms with E-state index in [1.807, 2.05) is 12.1 Å². The quantitative estimate of drug-likeness (QED) is 0.802. The fourth-order valence-electron chi connectivity index (χ4n) is 1.77. The van der Waals surface area contributed by atoms with Crippen molar-refractivity contribution in [1.82, 2.24) is 15.5 Å². The van der Waals surface area contributed by atoms with Crippen molar-refractivity contribution in [3.05, 3.63) is 24.3 Å². The normalized spacial score (nSPS) is 20.9. The topological polar surface area (TPSA) is 64.1 Å². The Bertz CT molecular complexity index is 429. The predicted molar refractivity (Wildman–Crippen MR) is 52.2 cm³/mol. The lowest BCUT2D eigenvalue weighted by Crippen LogP contribution is -2.08. The van der Waals surface area contributed by atoms with Crippen molar-refractivity contribution >= 4 is 0 Å². The number of hydrogen-bond acceptors (Lipinski definition) is 5. The van der Waals surface area contributed by atoms with Gasteiger partial charge < -0.3 is 14.3 Å². The highest BCUT2D eigenvalue weighted by molar-refractivity contribution is 5.44. The van der Waals surface area contributed by atoms with Crippen LogP contribution in [0, 0.1) is 0 Å². The highest BCUT2D eigenvalue weighted by Gasteiger charge is 2.23. The van der Waals surface area contributed by atoms with Gasteiger partial charge in [-0.25, -0.2) is 0 Å². The molecule has 0 aromatic carbocycles. The van der Waals surface area contributed by atoms with Crippen LogP contribution in [-0.2, 0) is 0 Å². The SMILES string of the molecule is c1coc(-c2noc(C3CCNC3)n2)c1. The van der Waals surface area contributed by atoms with Gasteiger partial charge in [0.05, 0.1) is 12.2 Å². The molecule has 5 heteroatoms. The Morgan fingerprint density at radius 3 is 3.20 bits per heavy atom. The van der Waals surface area contributed by atoms with Gasteiger partial charge in [-0.05, 0) is 25.1 Å². The van der Waals surface area contributed by atoms with Gasteiger partial charge in [-0.3, -0.25) is 0 Å². The van der Waals surface area contributed by atoms with Gasteiger partial charge in [0.2, 0.25) is 11.7 Å². The molecule has 2 aromatic rings. The highest BCUT2D eigenvalue weighted by Crippen LogP contribution is 2.23. The van der Waals surface area contributed by atoms with E-state index in [2.05, 4.69) is 15.5 Å². The third-order valence-electron chi connectivity index (χ3n) is 2.59. The summed E-state index contributed by atoms with van der Waals surface area (Å²) in [5, 5.41) is 7.16. The van der Waals surface area contributed by atoms with Gasteiger partial charge in [0.15, 0.2) is 5.76 Å². The van der Waals surface area contributed by atoms with E-state index in [-0.39, 0.29) is 0 Å². The van der Waals surface area contributed by atoms with Crippen LogP contribution in [0.15, 0.2) is 27.3 Å². The molecule has 0 spiro atoms. The van der Waals surface area contributed by atoms with Crippen LogP contribution in [-0.4, -0.2) is 23.2 Å². The van der Waals surface area contributed by atoms with Crippen molar-refractivity contribution in [2.24, 2.45) is 0 Å². The van der Waals surface area contributed by atoms with E-state index in [4.69, 9.17) is 8.94 Å². The van der Waals surface area contributed by atoms with E-state index in [9.17, 15) is 0 Å². The van der Waals surface area contributed by atoms with Gasteiger partial charge in [-0.2, -0.15) is 4.98 Å². The Hall–Kier alpha value is -1.62. The molecule has 0 amide bonds. The summed E-state index contributed by atoms with van der Waals surface area (Å²) in [5.74, 6) is 2.23. The lowest BCUT2D eigenvalue weighted by atomic mass is 10.1. The van der Waals surface area contributed by atoms with Crippen molar-refractivity contribution in [1.29, 1.82) is 0 Å². The Kier molecular flexibility index (Phi) is 2.03. The number of nitrogens with zero attached hydrogens (tertiary/aromatic N) is 2. The van der Waals surface area contributed by atoms with Crippen LogP contribution in [0.5, 0.6) is 0 Å². The van der Waals surface area contributed by atoms with Crippen LogP contribution in [0.2, 0.25) is 0 Å². The molecule has 3 rings (SSSR count). The van der Waals surface area contributed by atoms with Crippen molar-refractivity contribution in [3.63, 3.8) is 0 Å². The molecule has 3 heterocycles. The molecule has 0 aliphatic carbocycles. The van der Waals surface area contributed by atoms with Gasteiger partial charge in [0.1, 0.15) is 0 Å². The van der Waals surface area contributed by atoms with Crippen molar-refractivity contribution in [2.45, 2.75) is 12.3 Å². The molecule has 0 bridgehead atoms. The number of nitrogens with one attached hydrogen (secondary N) is 1. The number of rotatable bonds is 2. The Balaban J connectivity index is 1.87. The average Bonchev–Trinajstić information content (AvgIpc) is 3.02. The minimum atomic E-state index is 0.348. The standard InChI is InChI=1S/C10H11N3O2/c1-2-8(14-5-1)9-12-10(15-13-9)7-3-4-11-6-7/h1-2,5,7,11H,3-4,6H2. The summed E-state index contributed by atoms with van der Waals surface area (Å²) in [5.41, 5.74) is 0. The molecule has 1 aliphatic rings. The molecule has 5 nitrogen and oxygen atoms in total. The van der Waals surface area contributed by atoms with E-state index in [0.717, 1.165) is 19.5 Å². The monoisotopic (exact) mass is 205 g/mol. The Morgan fingerprint density at radius 1 is 1.47 bits per heavy atom. The number of aromatic nitrogens is 2. The first-order valence-electron chi connectivity index (χ1n) is 5.01. The van der Waals surface area contributed by atoms with Gasteiger partial charge >= 0.3 is 0 Å². The summed E-state index contributed by atoms with van der Waals surface area (Å²) in [4.78, 5) is 4.32. The zero-order valence-electron chi connectivity index (χ0n) is 8.14. The third-order valence-corrected chi connectivity index (χ3v) is 2.59. The van der Waals surface area contributed by atoms with Gasteiger partial charge in [-0.1, -0.05) is 5.16 Å². The Labute approximate surface area is 86.5 Å². The summed E-state index contributed by atoms with van der Waals surface area (Å²) in [7, 11) is 0. The molecule has 1 atom stereocenters. The van der Waals surface area contributed by atoms with Crippen LogP contribution in [0.3, 0.4) is 0 Å². The molecule has 15 heavy (non-hydrogen) atoms. The predicted octanol–water partition coefficient (Wildman–Crippen LogP) is 1.41. The van der Waals surface area contributed by atoms with Crippen LogP contribution < -0.4 is 5.32 Å². The molecule has 1 saturated heterocycles. The molecule has 1 unspecified atom stereocenters. The van der Waals surface area contributed by atoms with Crippen molar-refractivity contribution in [2.75, 3.05) is 13.1 Å². The minimum absolute atomic E-state index is 0.348. The molecule has 2 aromatic heterocycles. The van der Waals surface area contributed by atoms with Crippen molar-refractivity contribution < 1.29 is 8.94 Å². The first-order valence-corrected chi connectivity index (χ1v) is 5.01. The molecule has 1 aliphatic heterocycles. The summed E-state index contributed by atoms with van der Waals surface area (Å²) in [6.45, 7) is 1.93. The van der Waals surface area contributed by atoms with Gasteiger partial charge in [0.25, 0.3) is 0 Å². The lowest BCUT2D eigenvalue weighted by Gasteiger charge is -1.98. The van der Waals surface area contributed by atoms with Gasteiger partial charge in [0, 0.05) is 6.54 Å². The van der Waals surface area contributed by atoms with E-state index in [0.29, 0.717) is 23.4 Å². The van der Waals surface area contributed by atoms with Crippen molar-refractivity contribution in [3.8, 4) is 11.6 Å². The third kappa shape index (κ3) is 1.55. The van der Waals surface area contributed by atoms with Gasteiger partial charge in [-0.15, -0.1) is 0 Å². The maximum Gasteiger partial charge on any atom is 0.238 e. The van der Waals surface area contributed by atoms with E-state index < -0.39 is 0 Å². The molecule has 1 N–H and O–H groups in total. The zero-order chi connectivity index (χ0) is 10.1. The summed E-state index contributed by atoms with van der Waals surface area (Å²) in [6, 6.07) is 3.63. The first kappa shape index (κ1) is 8.67. The van der Waals surface area contributed by atoms with Crippen LogP contribution in [0.1, 0.15) is 18.2 Å². The lowest BCUT2D eigenvalue weighted by molar-refractivity contribution is 0.358. The zero-order valence-corrected chi connectivity index (χ0v) is 8.14. The smallest absolute Gasteiger partial charge is 0.238 e. The maximum absolute atomic E-state index is 5.21. The average molecular weight is 205 g/mol. The van der Waals surface area contributed by atoms with Crippen LogP contribution in [0.4, 0.5) is 0 Å². The minimum Gasteiger partial charge on any atom is -0.461 e. The van der Waals surface area contributed by atoms with E-state index >= 15 is 0 Å². The molecule has 0 saturated carbocycles. The van der Waals surface area contributed by atoms with E-state index in [1.54, 1.807) is 6.26 Å². The fraction of sp³-hybridized carbons (Fsp3) is 0.400. The summed E-state index contributed by atoms with van der Waals surface area (Å²) < 4.78 is 10.4. The fourth-order valence-corrected chi connectivity index (χ4v) is 1.77. The van der Waals surface area contributed by atoms with Crippen LogP contribution in [0.25, 0.3) is 11.6 Å². The second kappa shape index (κ2) is 3.51. The van der Waals surface area contributed by atoms with Crippen LogP contribution >= 0.6 is 0 Å². The number of hydrogen-bond donors (Lipinski definition) is 1. The second-order valence-corrected chi connectivity index (χ2v) is 3.62.